The van der Waals surface area contributed by atoms with Crippen molar-refractivity contribution in [1.82, 2.24) is 9.80 Å². The Balaban J connectivity index is 1.92. The number of likely N-dealkylation sites (tertiary alicyclic amines) is 1. The molecule has 1 aromatic carbocycles. The van der Waals surface area contributed by atoms with Crippen molar-refractivity contribution in [2.24, 2.45) is 0 Å². The Hall–Kier alpha value is -1.60. The molecule has 7 heteroatoms. The molecule has 0 saturated carbocycles. The fourth-order valence-electron chi connectivity index (χ4n) is 3.86. The number of rotatable bonds is 4. The number of piperidine rings is 1. The minimum Gasteiger partial charge on any atom is -0.380 e. The van der Waals surface area contributed by atoms with Gasteiger partial charge < -0.3 is 9.64 Å². The van der Waals surface area contributed by atoms with Gasteiger partial charge in [-0.05, 0) is 56.5 Å². The Morgan fingerprint density at radius 2 is 2.04 bits per heavy atom. The number of fused-ring (bicyclic) bond motifs is 1. The molecule has 2 aliphatic heterocycles. The summed E-state index contributed by atoms with van der Waals surface area (Å²) in [7, 11) is 1.66. The number of halogens is 3. The average Bonchev–Trinajstić information content (AvgIpc) is 2.91. The van der Waals surface area contributed by atoms with Gasteiger partial charge in [-0.15, -0.1) is 0 Å². The van der Waals surface area contributed by atoms with Crippen molar-refractivity contribution in [2.75, 3.05) is 20.2 Å². The topological polar surface area (TPSA) is 32.8 Å². The van der Waals surface area contributed by atoms with Gasteiger partial charge in [0.15, 0.2) is 0 Å². The molecule has 1 unspecified atom stereocenters. The van der Waals surface area contributed by atoms with Gasteiger partial charge in [-0.3, -0.25) is 9.69 Å². The summed E-state index contributed by atoms with van der Waals surface area (Å²) in [6, 6.07) is 2.72. The van der Waals surface area contributed by atoms with Crippen LogP contribution in [0, 0.1) is 0 Å². The van der Waals surface area contributed by atoms with Crippen molar-refractivity contribution in [2.45, 2.75) is 58.1 Å². The van der Waals surface area contributed by atoms with E-state index in [-0.39, 0.29) is 35.7 Å². The van der Waals surface area contributed by atoms with Crippen LogP contribution in [0.25, 0.3) is 0 Å². The van der Waals surface area contributed by atoms with Crippen LogP contribution in [0.4, 0.5) is 13.2 Å². The summed E-state index contributed by atoms with van der Waals surface area (Å²) >= 11 is 0. The van der Waals surface area contributed by atoms with Crippen LogP contribution in [0.2, 0.25) is 0 Å². The largest absolute Gasteiger partial charge is 0.416 e. The lowest BCUT2D eigenvalue weighted by molar-refractivity contribution is -0.138. The van der Waals surface area contributed by atoms with Gasteiger partial charge in [-0.1, -0.05) is 0 Å². The normalized spacial score (nSPS) is 21.6. The first-order valence-electron chi connectivity index (χ1n) is 8.99. The first kappa shape index (κ1) is 19.2. The van der Waals surface area contributed by atoms with E-state index in [9.17, 15) is 18.0 Å². The fourth-order valence-corrected chi connectivity index (χ4v) is 3.86. The minimum absolute atomic E-state index is 0.0242. The second-order valence-corrected chi connectivity index (χ2v) is 7.43. The number of ether oxygens (including phenoxy) is 1. The second-order valence-electron chi connectivity index (χ2n) is 7.43. The van der Waals surface area contributed by atoms with E-state index in [2.05, 4.69) is 4.90 Å². The van der Waals surface area contributed by atoms with Crippen molar-refractivity contribution in [3.05, 3.63) is 34.4 Å². The SMILES string of the molecule is COC1CCCN(Cc2cc3c(c(C(F)(F)F)c2)CN(C(C)C)C3=O)C1. The van der Waals surface area contributed by atoms with E-state index in [0.717, 1.165) is 19.4 Å². The number of methoxy groups -OCH3 is 1. The Kier molecular flexibility index (Phi) is 5.30. The monoisotopic (exact) mass is 370 g/mol. The summed E-state index contributed by atoms with van der Waals surface area (Å²) in [6.45, 7) is 5.57. The van der Waals surface area contributed by atoms with E-state index in [4.69, 9.17) is 4.74 Å². The van der Waals surface area contributed by atoms with Gasteiger partial charge >= 0.3 is 6.18 Å². The summed E-state index contributed by atoms with van der Waals surface area (Å²) in [5.74, 6) is -0.309. The highest BCUT2D eigenvalue weighted by Gasteiger charge is 2.40. The van der Waals surface area contributed by atoms with Crippen LogP contribution in [-0.4, -0.2) is 48.1 Å². The van der Waals surface area contributed by atoms with Crippen molar-refractivity contribution < 1.29 is 22.7 Å². The Labute approximate surface area is 151 Å². The first-order chi connectivity index (χ1) is 12.2. The zero-order chi connectivity index (χ0) is 19.1. The summed E-state index contributed by atoms with van der Waals surface area (Å²) < 4.78 is 46.2. The Bertz CT molecular complexity index is 688. The lowest BCUT2D eigenvalue weighted by Crippen LogP contribution is -2.38. The third-order valence-electron chi connectivity index (χ3n) is 5.26. The van der Waals surface area contributed by atoms with Gasteiger partial charge in [-0.25, -0.2) is 0 Å². The van der Waals surface area contributed by atoms with Crippen LogP contribution in [0.3, 0.4) is 0 Å². The quantitative estimate of drug-likeness (QED) is 0.811. The van der Waals surface area contributed by atoms with E-state index in [1.165, 1.54) is 11.0 Å². The van der Waals surface area contributed by atoms with Crippen LogP contribution in [0.5, 0.6) is 0 Å². The smallest absolute Gasteiger partial charge is 0.380 e. The summed E-state index contributed by atoms with van der Waals surface area (Å²) in [5, 5.41) is 0. The number of nitrogens with zero attached hydrogens (tertiary/aromatic N) is 2. The number of hydrogen-bond donors (Lipinski definition) is 0. The molecular weight excluding hydrogens is 345 g/mol. The molecule has 3 rings (SSSR count). The van der Waals surface area contributed by atoms with Crippen LogP contribution in [0.1, 0.15) is 53.7 Å². The molecular formula is C19H25F3N2O2. The molecule has 2 aliphatic rings. The van der Waals surface area contributed by atoms with Gasteiger partial charge in [0.2, 0.25) is 0 Å². The molecule has 1 saturated heterocycles. The van der Waals surface area contributed by atoms with E-state index in [0.29, 0.717) is 18.7 Å². The highest BCUT2D eigenvalue weighted by Crippen LogP contribution is 2.39. The van der Waals surface area contributed by atoms with Gasteiger partial charge in [0, 0.05) is 38.3 Å². The lowest BCUT2D eigenvalue weighted by Gasteiger charge is -2.32. The highest BCUT2D eigenvalue weighted by molar-refractivity contribution is 5.99. The van der Waals surface area contributed by atoms with Gasteiger partial charge in [0.05, 0.1) is 11.7 Å². The van der Waals surface area contributed by atoms with E-state index >= 15 is 0 Å². The maximum Gasteiger partial charge on any atom is 0.416 e. The van der Waals surface area contributed by atoms with Crippen molar-refractivity contribution in [3.8, 4) is 0 Å². The van der Waals surface area contributed by atoms with Gasteiger partial charge in [-0.2, -0.15) is 13.2 Å². The highest BCUT2D eigenvalue weighted by atomic mass is 19.4. The molecule has 0 radical (unpaired) electrons. The maximum atomic E-state index is 13.6. The van der Waals surface area contributed by atoms with Crippen molar-refractivity contribution in [3.63, 3.8) is 0 Å². The standard InChI is InChI=1S/C19H25F3N2O2/c1-12(2)24-11-16-15(18(24)25)7-13(8-17(16)19(20,21)22)9-23-6-4-5-14(10-23)26-3/h7-8,12,14H,4-6,9-11H2,1-3H3. The molecule has 0 bridgehead atoms. The zero-order valence-electron chi connectivity index (χ0n) is 15.4. The van der Waals surface area contributed by atoms with Crippen molar-refractivity contribution >= 4 is 5.91 Å². The second kappa shape index (κ2) is 7.19. The predicted molar refractivity (Wildman–Crippen MR) is 91.8 cm³/mol. The molecule has 1 atom stereocenters. The zero-order valence-corrected chi connectivity index (χ0v) is 15.4. The van der Waals surface area contributed by atoms with Gasteiger partial charge in [0.1, 0.15) is 0 Å². The number of benzene rings is 1. The molecule has 0 spiro atoms. The molecule has 4 nitrogen and oxygen atoms in total. The maximum absolute atomic E-state index is 13.6. The number of carbonyl (C=O) groups excluding carboxylic acids is 1. The van der Waals surface area contributed by atoms with E-state index in [1.807, 2.05) is 13.8 Å². The number of carbonyl (C=O) groups is 1. The third-order valence-corrected chi connectivity index (χ3v) is 5.26. The van der Waals surface area contributed by atoms with E-state index < -0.39 is 11.7 Å². The van der Waals surface area contributed by atoms with Crippen LogP contribution < -0.4 is 0 Å². The van der Waals surface area contributed by atoms with Crippen LogP contribution >= 0.6 is 0 Å². The molecule has 1 fully saturated rings. The molecule has 1 amide bonds. The fraction of sp³-hybridized carbons (Fsp3) is 0.632. The number of amides is 1. The molecule has 0 aliphatic carbocycles. The van der Waals surface area contributed by atoms with Crippen LogP contribution in [0.15, 0.2) is 12.1 Å². The summed E-state index contributed by atoms with van der Waals surface area (Å²) in [4.78, 5) is 16.2. The number of alkyl halides is 3. The predicted octanol–water partition coefficient (Wildman–Crippen LogP) is 3.68. The van der Waals surface area contributed by atoms with E-state index in [1.54, 1.807) is 13.2 Å². The Morgan fingerprint density at radius 3 is 2.65 bits per heavy atom. The third kappa shape index (κ3) is 3.74. The molecule has 0 N–H and O–H groups in total. The van der Waals surface area contributed by atoms with Crippen molar-refractivity contribution in [1.29, 1.82) is 0 Å². The Morgan fingerprint density at radius 1 is 1.31 bits per heavy atom. The minimum atomic E-state index is -4.47. The molecule has 144 valence electrons. The van der Waals surface area contributed by atoms with Gasteiger partial charge in [0.25, 0.3) is 5.91 Å². The first-order valence-corrected chi connectivity index (χ1v) is 8.99. The van der Waals surface area contributed by atoms with Crippen LogP contribution in [-0.2, 0) is 24.0 Å². The molecule has 26 heavy (non-hydrogen) atoms. The lowest BCUT2D eigenvalue weighted by atomic mass is 9.98. The molecule has 1 aromatic rings. The molecule has 2 heterocycles. The average molecular weight is 370 g/mol. The summed E-state index contributed by atoms with van der Waals surface area (Å²) in [5.41, 5.74) is 0.158. The number of hydrogen-bond acceptors (Lipinski definition) is 3. The molecule has 0 aromatic heterocycles. The summed E-state index contributed by atoms with van der Waals surface area (Å²) in [6.07, 6.45) is -2.44.